The molecule has 0 saturated heterocycles. The van der Waals surface area contributed by atoms with Crippen LogP contribution in [-0.4, -0.2) is 15.0 Å². The minimum atomic E-state index is 0.107. The minimum absolute atomic E-state index is 0.107. The normalized spacial score (nSPS) is 12.2. The van der Waals surface area contributed by atoms with Crippen LogP contribution >= 0.6 is 11.3 Å². The molecule has 0 aromatic carbocycles. The first kappa shape index (κ1) is 12.7. The number of nitrogens with zero attached hydrogens (tertiary/aromatic N) is 3. The molecule has 2 rings (SSSR count). The van der Waals surface area contributed by atoms with Gasteiger partial charge in [-0.3, -0.25) is 5.43 Å². The fourth-order valence-corrected chi connectivity index (χ4v) is 2.34. The maximum Gasteiger partial charge on any atom is 0.239 e. The Balaban J connectivity index is 2.08. The second-order valence-electron chi connectivity index (χ2n) is 3.79. The third-order valence-electron chi connectivity index (χ3n) is 2.44. The standard InChI is InChI=1S/C11H16N6S/c1-3-8-6-14-10(18-8)7(2)15-9-4-5-13-11(16-9)17-12/h4-7H,3,12H2,1-2H3,(H2,13,15,16,17). The Morgan fingerprint density at radius 1 is 1.44 bits per heavy atom. The van der Waals surface area contributed by atoms with Crippen molar-refractivity contribution in [1.82, 2.24) is 15.0 Å². The van der Waals surface area contributed by atoms with Gasteiger partial charge < -0.3 is 5.32 Å². The van der Waals surface area contributed by atoms with E-state index in [4.69, 9.17) is 5.84 Å². The number of nitrogens with one attached hydrogen (secondary N) is 2. The Labute approximate surface area is 110 Å². The predicted octanol–water partition coefficient (Wildman–Crippen LogP) is 1.95. The molecule has 0 aliphatic heterocycles. The van der Waals surface area contributed by atoms with Crippen molar-refractivity contribution in [2.24, 2.45) is 5.84 Å². The molecular formula is C11H16N6S. The lowest BCUT2D eigenvalue weighted by atomic mass is 10.3. The highest BCUT2D eigenvalue weighted by Gasteiger charge is 2.10. The summed E-state index contributed by atoms with van der Waals surface area (Å²) in [5, 5.41) is 4.32. The lowest BCUT2D eigenvalue weighted by molar-refractivity contribution is 0.858. The minimum Gasteiger partial charge on any atom is -0.361 e. The van der Waals surface area contributed by atoms with E-state index in [2.05, 4.69) is 39.5 Å². The highest BCUT2D eigenvalue weighted by molar-refractivity contribution is 7.11. The van der Waals surface area contributed by atoms with Crippen LogP contribution < -0.4 is 16.6 Å². The van der Waals surface area contributed by atoms with E-state index in [1.165, 1.54) is 4.88 Å². The van der Waals surface area contributed by atoms with Gasteiger partial charge in [0, 0.05) is 17.3 Å². The smallest absolute Gasteiger partial charge is 0.239 e. The molecule has 0 saturated carbocycles. The number of hydrazine groups is 1. The number of nitrogens with two attached hydrogens (primary N) is 1. The number of rotatable bonds is 5. The van der Waals surface area contributed by atoms with Gasteiger partial charge in [0.15, 0.2) is 0 Å². The van der Waals surface area contributed by atoms with Crippen molar-refractivity contribution in [2.45, 2.75) is 26.3 Å². The van der Waals surface area contributed by atoms with E-state index < -0.39 is 0 Å². The lowest BCUT2D eigenvalue weighted by Crippen LogP contribution is -2.13. The molecule has 1 atom stereocenters. The SMILES string of the molecule is CCc1cnc(C(C)Nc2ccnc(NN)n2)s1. The largest absolute Gasteiger partial charge is 0.361 e. The molecular weight excluding hydrogens is 248 g/mol. The van der Waals surface area contributed by atoms with E-state index in [0.29, 0.717) is 5.95 Å². The van der Waals surface area contributed by atoms with Gasteiger partial charge in [-0.2, -0.15) is 4.98 Å². The average molecular weight is 264 g/mol. The third kappa shape index (κ3) is 2.93. The summed E-state index contributed by atoms with van der Waals surface area (Å²) in [4.78, 5) is 13.8. The summed E-state index contributed by atoms with van der Waals surface area (Å²) in [6, 6.07) is 1.90. The molecule has 0 fully saturated rings. The van der Waals surface area contributed by atoms with E-state index in [1.54, 1.807) is 23.6 Å². The van der Waals surface area contributed by atoms with Crippen molar-refractivity contribution < 1.29 is 0 Å². The number of anilines is 2. The number of hydrogen-bond donors (Lipinski definition) is 3. The van der Waals surface area contributed by atoms with Crippen molar-refractivity contribution in [3.8, 4) is 0 Å². The van der Waals surface area contributed by atoms with Crippen LogP contribution in [-0.2, 0) is 6.42 Å². The van der Waals surface area contributed by atoms with Crippen molar-refractivity contribution in [1.29, 1.82) is 0 Å². The van der Waals surface area contributed by atoms with Crippen LogP contribution in [0.15, 0.2) is 18.5 Å². The summed E-state index contributed by atoms with van der Waals surface area (Å²) < 4.78 is 0. The Morgan fingerprint density at radius 3 is 2.94 bits per heavy atom. The van der Waals surface area contributed by atoms with Gasteiger partial charge in [0.05, 0.1) is 6.04 Å². The van der Waals surface area contributed by atoms with Gasteiger partial charge >= 0.3 is 0 Å². The molecule has 2 heterocycles. The highest BCUT2D eigenvalue weighted by atomic mass is 32.1. The summed E-state index contributed by atoms with van der Waals surface area (Å²) >= 11 is 1.71. The Hall–Kier alpha value is -1.73. The number of aryl methyl sites for hydroxylation is 1. The van der Waals surface area contributed by atoms with E-state index in [9.17, 15) is 0 Å². The Kier molecular flexibility index (Phi) is 4.06. The first-order valence-corrected chi connectivity index (χ1v) is 6.55. The van der Waals surface area contributed by atoms with Crippen molar-refractivity contribution >= 4 is 23.1 Å². The molecule has 2 aromatic heterocycles. The van der Waals surface area contributed by atoms with Gasteiger partial charge in [0.25, 0.3) is 0 Å². The molecule has 2 aromatic rings. The zero-order valence-electron chi connectivity index (χ0n) is 10.3. The first-order chi connectivity index (χ1) is 8.72. The summed E-state index contributed by atoms with van der Waals surface area (Å²) in [7, 11) is 0. The Bertz CT molecular complexity index is 512. The molecule has 96 valence electrons. The van der Waals surface area contributed by atoms with E-state index in [1.807, 2.05) is 6.20 Å². The van der Waals surface area contributed by atoms with Crippen molar-refractivity contribution in [3.63, 3.8) is 0 Å². The molecule has 0 bridgehead atoms. The molecule has 7 heteroatoms. The number of hydrogen-bond acceptors (Lipinski definition) is 7. The van der Waals surface area contributed by atoms with Crippen LogP contribution in [0.5, 0.6) is 0 Å². The monoisotopic (exact) mass is 264 g/mol. The second-order valence-corrected chi connectivity index (χ2v) is 4.94. The summed E-state index contributed by atoms with van der Waals surface area (Å²) in [6.07, 6.45) is 4.58. The molecule has 0 aliphatic carbocycles. The molecule has 0 spiro atoms. The molecule has 18 heavy (non-hydrogen) atoms. The average Bonchev–Trinajstić information content (AvgIpc) is 2.88. The summed E-state index contributed by atoms with van der Waals surface area (Å²) in [6.45, 7) is 4.18. The molecule has 0 aliphatic rings. The van der Waals surface area contributed by atoms with Crippen LogP contribution in [0.3, 0.4) is 0 Å². The number of nitrogen functional groups attached to an aromatic ring is 1. The van der Waals surface area contributed by atoms with Gasteiger partial charge in [-0.1, -0.05) is 6.92 Å². The topological polar surface area (TPSA) is 88.8 Å². The van der Waals surface area contributed by atoms with Gasteiger partial charge in [0.1, 0.15) is 10.8 Å². The fourth-order valence-electron chi connectivity index (χ4n) is 1.48. The van der Waals surface area contributed by atoms with Crippen molar-refractivity contribution in [3.05, 3.63) is 28.3 Å². The fraction of sp³-hybridized carbons (Fsp3) is 0.364. The first-order valence-electron chi connectivity index (χ1n) is 5.73. The highest BCUT2D eigenvalue weighted by Crippen LogP contribution is 2.23. The second kappa shape index (κ2) is 5.74. The summed E-state index contributed by atoms with van der Waals surface area (Å²) in [5.74, 6) is 6.38. The predicted molar refractivity (Wildman–Crippen MR) is 73.4 cm³/mol. The van der Waals surface area contributed by atoms with E-state index in [-0.39, 0.29) is 6.04 Å². The maximum absolute atomic E-state index is 5.27. The number of thiazole rings is 1. The van der Waals surface area contributed by atoms with Gasteiger partial charge in [-0.25, -0.2) is 15.8 Å². The van der Waals surface area contributed by atoms with Crippen LogP contribution in [0.1, 0.15) is 29.8 Å². The quantitative estimate of drug-likeness (QED) is 0.565. The maximum atomic E-state index is 5.27. The third-order valence-corrected chi connectivity index (χ3v) is 3.76. The van der Waals surface area contributed by atoms with Crippen LogP contribution in [0.2, 0.25) is 0 Å². The van der Waals surface area contributed by atoms with Gasteiger partial charge in [-0.15, -0.1) is 11.3 Å². The van der Waals surface area contributed by atoms with E-state index >= 15 is 0 Å². The summed E-state index contributed by atoms with van der Waals surface area (Å²) in [5.41, 5.74) is 2.42. The molecule has 0 radical (unpaired) electrons. The molecule has 0 amide bonds. The van der Waals surface area contributed by atoms with Crippen LogP contribution in [0, 0.1) is 0 Å². The van der Waals surface area contributed by atoms with Crippen molar-refractivity contribution in [2.75, 3.05) is 10.7 Å². The van der Waals surface area contributed by atoms with Gasteiger partial charge in [0.2, 0.25) is 5.95 Å². The number of aromatic nitrogens is 3. The lowest BCUT2D eigenvalue weighted by Gasteiger charge is -2.12. The zero-order chi connectivity index (χ0) is 13.0. The van der Waals surface area contributed by atoms with Gasteiger partial charge in [-0.05, 0) is 19.4 Å². The molecule has 6 nitrogen and oxygen atoms in total. The van der Waals surface area contributed by atoms with E-state index in [0.717, 1.165) is 17.2 Å². The van der Waals surface area contributed by atoms with Crippen LogP contribution in [0.25, 0.3) is 0 Å². The molecule has 1 unspecified atom stereocenters. The zero-order valence-corrected chi connectivity index (χ0v) is 11.2. The van der Waals surface area contributed by atoms with Crippen LogP contribution in [0.4, 0.5) is 11.8 Å². The Morgan fingerprint density at radius 2 is 2.28 bits per heavy atom. The molecule has 4 N–H and O–H groups in total.